The summed E-state index contributed by atoms with van der Waals surface area (Å²) in [4.78, 5) is 66.1. The van der Waals surface area contributed by atoms with Crippen molar-refractivity contribution in [2.24, 2.45) is 0 Å². The second-order valence-electron chi connectivity index (χ2n) is 9.94. The highest BCUT2D eigenvalue weighted by Crippen LogP contribution is 2.29. The number of nitrogens with one attached hydrogen (secondary N) is 3. The van der Waals surface area contributed by atoms with Crippen molar-refractivity contribution in [3.8, 4) is 0 Å². The maximum absolute atomic E-state index is 13.6. The van der Waals surface area contributed by atoms with Crippen LogP contribution in [0.5, 0.6) is 0 Å². The van der Waals surface area contributed by atoms with Crippen molar-refractivity contribution in [3.63, 3.8) is 0 Å². The molecule has 1 aliphatic heterocycles. The molecule has 4 amide bonds. The summed E-state index contributed by atoms with van der Waals surface area (Å²) in [5, 5.41) is 8.36. The van der Waals surface area contributed by atoms with E-state index < -0.39 is 35.2 Å². The predicted octanol–water partition coefficient (Wildman–Crippen LogP) is 1.60. The first-order valence-electron chi connectivity index (χ1n) is 13.2. The van der Waals surface area contributed by atoms with E-state index in [1.54, 1.807) is 4.90 Å². The average molecular weight is 493 g/mol. The Labute approximate surface area is 207 Å². The SMILES string of the molecule is CCCCC(NC(=O)C1(NC(=O)N2CCOCC2)CCCCC1)C(=O)C(=O)N[C@H]1CCCCC1=O. The lowest BCUT2D eigenvalue weighted by Gasteiger charge is -2.39. The summed E-state index contributed by atoms with van der Waals surface area (Å²) in [5.41, 5.74) is -1.12. The van der Waals surface area contributed by atoms with Gasteiger partial charge in [-0.15, -0.1) is 0 Å². The summed E-state index contributed by atoms with van der Waals surface area (Å²) >= 11 is 0. The molecule has 0 aromatic rings. The minimum Gasteiger partial charge on any atom is -0.378 e. The standard InChI is InChI=1S/C25H40N4O6/c1-2-3-9-19(21(31)22(32)26-18-10-5-6-11-20(18)30)27-23(33)25(12-7-4-8-13-25)28-24(34)29-14-16-35-17-15-29/h18-19H,2-17H2,1H3,(H,26,32)(H,27,33)(H,28,34)/t18-,19?/m0/s1. The molecule has 3 N–H and O–H groups in total. The molecule has 0 radical (unpaired) electrons. The molecule has 2 atom stereocenters. The molecule has 3 fully saturated rings. The van der Waals surface area contributed by atoms with Gasteiger partial charge >= 0.3 is 6.03 Å². The third kappa shape index (κ3) is 7.25. The number of Topliss-reactive ketones (excluding diaryl/α,β-unsaturated/α-hetero) is 2. The number of carbonyl (C=O) groups excluding carboxylic acids is 5. The normalized spacial score (nSPS) is 23.2. The van der Waals surface area contributed by atoms with E-state index in [0.717, 1.165) is 38.5 Å². The Hall–Kier alpha value is -2.49. The second-order valence-corrected chi connectivity index (χ2v) is 9.94. The van der Waals surface area contributed by atoms with Gasteiger partial charge in [0.25, 0.3) is 5.91 Å². The van der Waals surface area contributed by atoms with Gasteiger partial charge in [-0.05, 0) is 32.1 Å². The van der Waals surface area contributed by atoms with E-state index in [2.05, 4.69) is 16.0 Å². The number of carbonyl (C=O) groups is 5. The number of nitrogens with zero attached hydrogens (tertiary/aromatic N) is 1. The van der Waals surface area contributed by atoms with Crippen molar-refractivity contribution >= 4 is 29.4 Å². The number of amides is 4. The van der Waals surface area contributed by atoms with Crippen molar-refractivity contribution in [3.05, 3.63) is 0 Å². The number of unbranched alkanes of at least 4 members (excludes halogenated alkanes) is 1. The van der Waals surface area contributed by atoms with Gasteiger partial charge in [-0.25, -0.2) is 4.79 Å². The number of ether oxygens (including phenoxy) is 1. The van der Waals surface area contributed by atoms with E-state index in [0.29, 0.717) is 64.8 Å². The summed E-state index contributed by atoms with van der Waals surface area (Å²) in [5.74, 6) is -2.05. The van der Waals surface area contributed by atoms with Crippen molar-refractivity contribution in [1.82, 2.24) is 20.9 Å². The summed E-state index contributed by atoms with van der Waals surface area (Å²) < 4.78 is 5.31. The molecule has 1 heterocycles. The van der Waals surface area contributed by atoms with Crippen LogP contribution in [-0.2, 0) is 23.9 Å². The number of morpholine rings is 1. The highest BCUT2D eigenvalue weighted by molar-refractivity contribution is 6.38. The fourth-order valence-corrected chi connectivity index (χ4v) is 5.11. The Bertz CT molecular complexity index is 789. The van der Waals surface area contributed by atoms with Gasteiger partial charge in [0.1, 0.15) is 5.54 Å². The van der Waals surface area contributed by atoms with Crippen molar-refractivity contribution in [2.45, 2.75) is 102 Å². The van der Waals surface area contributed by atoms with E-state index >= 15 is 0 Å². The van der Waals surface area contributed by atoms with Crippen LogP contribution in [0.15, 0.2) is 0 Å². The molecular weight excluding hydrogens is 452 g/mol. The molecule has 35 heavy (non-hydrogen) atoms. The first kappa shape index (κ1) is 27.1. The largest absolute Gasteiger partial charge is 0.378 e. The van der Waals surface area contributed by atoms with Crippen LogP contribution in [0.2, 0.25) is 0 Å². The van der Waals surface area contributed by atoms with Crippen LogP contribution < -0.4 is 16.0 Å². The molecule has 10 heteroatoms. The Morgan fingerprint density at radius 2 is 1.77 bits per heavy atom. The number of urea groups is 1. The van der Waals surface area contributed by atoms with E-state index in [9.17, 15) is 24.0 Å². The van der Waals surface area contributed by atoms with Crippen LogP contribution in [-0.4, -0.2) is 78.2 Å². The van der Waals surface area contributed by atoms with Crippen LogP contribution in [0, 0.1) is 0 Å². The van der Waals surface area contributed by atoms with E-state index in [1.165, 1.54) is 0 Å². The third-order valence-corrected chi connectivity index (χ3v) is 7.34. The lowest BCUT2D eigenvalue weighted by molar-refractivity contribution is -0.142. The average Bonchev–Trinajstić information content (AvgIpc) is 2.88. The van der Waals surface area contributed by atoms with Crippen molar-refractivity contribution < 1.29 is 28.7 Å². The first-order chi connectivity index (χ1) is 16.9. The van der Waals surface area contributed by atoms with Crippen molar-refractivity contribution in [2.75, 3.05) is 26.3 Å². The lowest BCUT2D eigenvalue weighted by atomic mass is 9.80. The van der Waals surface area contributed by atoms with Crippen molar-refractivity contribution in [1.29, 1.82) is 0 Å². The zero-order valence-electron chi connectivity index (χ0n) is 20.9. The van der Waals surface area contributed by atoms with E-state index in [-0.39, 0.29) is 11.8 Å². The number of rotatable bonds is 9. The summed E-state index contributed by atoms with van der Waals surface area (Å²) in [6.07, 6.45) is 7.82. The molecule has 2 saturated carbocycles. The van der Waals surface area contributed by atoms with Crippen LogP contribution in [0.25, 0.3) is 0 Å². The maximum atomic E-state index is 13.6. The van der Waals surface area contributed by atoms with Gasteiger partial charge in [0.15, 0.2) is 5.78 Å². The van der Waals surface area contributed by atoms with E-state index in [1.807, 2.05) is 6.92 Å². The molecule has 0 aromatic carbocycles. The van der Waals surface area contributed by atoms with Gasteiger partial charge in [-0.3, -0.25) is 19.2 Å². The highest BCUT2D eigenvalue weighted by Gasteiger charge is 2.43. The Morgan fingerprint density at radius 3 is 2.43 bits per heavy atom. The molecule has 196 valence electrons. The summed E-state index contributed by atoms with van der Waals surface area (Å²) in [6, 6.07) is -1.95. The second kappa shape index (κ2) is 13.0. The predicted molar refractivity (Wildman–Crippen MR) is 129 cm³/mol. The smallest absolute Gasteiger partial charge is 0.318 e. The monoisotopic (exact) mass is 492 g/mol. The molecule has 1 saturated heterocycles. The molecule has 2 aliphatic carbocycles. The van der Waals surface area contributed by atoms with Crippen LogP contribution >= 0.6 is 0 Å². The molecule has 0 aromatic heterocycles. The van der Waals surface area contributed by atoms with Crippen LogP contribution in [0.3, 0.4) is 0 Å². The van der Waals surface area contributed by atoms with E-state index in [4.69, 9.17) is 4.74 Å². The molecular formula is C25H40N4O6. The maximum Gasteiger partial charge on any atom is 0.318 e. The molecule has 0 spiro atoms. The minimum atomic E-state index is -1.12. The minimum absolute atomic E-state index is 0.0569. The quantitative estimate of drug-likeness (QED) is 0.419. The topological polar surface area (TPSA) is 134 Å². The zero-order chi connectivity index (χ0) is 25.3. The Kier molecular flexibility index (Phi) is 10.1. The molecule has 10 nitrogen and oxygen atoms in total. The van der Waals surface area contributed by atoms with Crippen LogP contribution in [0.1, 0.15) is 84.0 Å². The highest BCUT2D eigenvalue weighted by atomic mass is 16.5. The van der Waals surface area contributed by atoms with Gasteiger partial charge in [-0.1, -0.05) is 45.4 Å². The summed E-state index contributed by atoms with van der Waals surface area (Å²) in [7, 11) is 0. The van der Waals surface area contributed by atoms with Gasteiger partial charge in [0, 0.05) is 19.5 Å². The fraction of sp³-hybridized carbons (Fsp3) is 0.800. The molecule has 0 bridgehead atoms. The van der Waals surface area contributed by atoms with Gasteiger partial charge in [-0.2, -0.15) is 0 Å². The fourth-order valence-electron chi connectivity index (χ4n) is 5.11. The molecule has 1 unspecified atom stereocenters. The zero-order valence-corrected chi connectivity index (χ0v) is 20.9. The Morgan fingerprint density at radius 1 is 1.06 bits per heavy atom. The van der Waals surface area contributed by atoms with Crippen LogP contribution in [0.4, 0.5) is 4.79 Å². The van der Waals surface area contributed by atoms with Gasteiger partial charge < -0.3 is 25.6 Å². The Balaban J connectivity index is 1.69. The summed E-state index contributed by atoms with van der Waals surface area (Å²) in [6.45, 7) is 3.80. The number of hydrogen-bond acceptors (Lipinski definition) is 6. The third-order valence-electron chi connectivity index (χ3n) is 7.34. The van der Waals surface area contributed by atoms with Gasteiger partial charge in [0.2, 0.25) is 11.7 Å². The molecule has 3 rings (SSSR count). The lowest BCUT2D eigenvalue weighted by Crippen LogP contribution is -2.64. The number of hydrogen-bond donors (Lipinski definition) is 3. The van der Waals surface area contributed by atoms with Gasteiger partial charge in [0.05, 0.1) is 25.3 Å². The number of ketones is 2. The molecule has 3 aliphatic rings. The first-order valence-corrected chi connectivity index (χ1v) is 13.2.